The smallest absolute Gasteiger partial charge is 0.215 e. The van der Waals surface area contributed by atoms with Crippen LogP contribution in [0.2, 0.25) is 0 Å². The number of nitrogens with zero attached hydrogens (tertiary/aromatic N) is 4. The number of nitrogens with one attached hydrogen (secondary N) is 2. The summed E-state index contributed by atoms with van der Waals surface area (Å²) in [7, 11) is 0. The Labute approximate surface area is 152 Å². The van der Waals surface area contributed by atoms with E-state index in [0.29, 0.717) is 11.0 Å². The summed E-state index contributed by atoms with van der Waals surface area (Å²) < 4.78 is 0. The molecule has 0 atom stereocenters. The quantitative estimate of drug-likeness (QED) is 0.540. The standard InChI is InChI=1S/C17H14N6S2/c1-11-4-6-12(7-5-11)18-14-8-9-15(21-20-14)25-17-19-16(22-23-17)13-3-2-10-24-13/h2-10H,1H3,(H,18,20)(H,19,22,23). The molecule has 0 saturated carbocycles. The second kappa shape index (κ2) is 7.04. The normalized spacial score (nSPS) is 10.8. The Balaban J connectivity index is 1.43. The van der Waals surface area contributed by atoms with Gasteiger partial charge in [0.05, 0.1) is 4.88 Å². The molecule has 0 unspecified atom stereocenters. The molecule has 0 saturated heterocycles. The van der Waals surface area contributed by atoms with Gasteiger partial charge in [-0.1, -0.05) is 23.8 Å². The number of aryl methyl sites for hydroxylation is 1. The van der Waals surface area contributed by atoms with Gasteiger partial charge in [-0.3, -0.25) is 5.10 Å². The summed E-state index contributed by atoms with van der Waals surface area (Å²) in [5.41, 5.74) is 2.20. The number of rotatable bonds is 5. The molecule has 0 spiro atoms. The van der Waals surface area contributed by atoms with E-state index in [1.54, 1.807) is 11.3 Å². The average molecular weight is 366 g/mol. The summed E-state index contributed by atoms with van der Waals surface area (Å²) in [5, 5.41) is 22.2. The van der Waals surface area contributed by atoms with Crippen LogP contribution in [-0.2, 0) is 0 Å². The van der Waals surface area contributed by atoms with Crippen molar-refractivity contribution in [1.82, 2.24) is 25.4 Å². The van der Waals surface area contributed by atoms with Crippen molar-refractivity contribution in [2.45, 2.75) is 17.1 Å². The molecule has 0 amide bonds. The van der Waals surface area contributed by atoms with Crippen LogP contribution in [0.3, 0.4) is 0 Å². The Hall–Kier alpha value is -2.71. The Morgan fingerprint density at radius 3 is 2.64 bits per heavy atom. The molecule has 124 valence electrons. The predicted molar refractivity (Wildman–Crippen MR) is 100 cm³/mol. The minimum absolute atomic E-state index is 0.622. The second-order valence-electron chi connectivity index (χ2n) is 5.29. The van der Waals surface area contributed by atoms with Gasteiger partial charge in [-0.2, -0.15) is 0 Å². The fourth-order valence-corrected chi connectivity index (χ4v) is 3.43. The molecule has 6 nitrogen and oxygen atoms in total. The zero-order valence-corrected chi connectivity index (χ0v) is 14.9. The second-order valence-corrected chi connectivity index (χ2v) is 7.23. The van der Waals surface area contributed by atoms with Crippen LogP contribution in [0, 0.1) is 6.92 Å². The topological polar surface area (TPSA) is 79.4 Å². The summed E-state index contributed by atoms with van der Waals surface area (Å²) in [5.74, 6) is 1.46. The highest BCUT2D eigenvalue weighted by molar-refractivity contribution is 7.99. The highest BCUT2D eigenvalue weighted by atomic mass is 32.2. The summed E-state index contributed by atoms with van der Waals surface area (Å²) in [6, 6.07) is 15.9. The van der Waals surface area contributed by atoms with Gasteiger partial charge in [-0.15, -0.1) is 26.6 Å². The van der Waals surface area contributed by atoms with Crippen LogP contribution in [0.4, 0.5) is 11.5 Å². The molecule has 25 heavy (non-hydrogen) atoms. The van der Waals surface area contributed by atoms with E-state index < -0.39 is 0 Å². The molecular weight excluding hydrogens is 352 g/mol. The van der Waals surface area contributed by atoms with Crippen molar-refractivity contribution in [1.29, 1.82) is 0 Å². The summed E-state index contributed by atoms with van der Waals surface area (Å²) >= 11 is 2.99. The Kier molecular flexibility index (Phi) is 4.45. The predicted octanol–water partition coefficient (Wildman–Crippen LogP) is 4.53. The van der Waals surface area contributed by atoms with Crippen molar-refractivity contribution in [3.63, 3.8) is 0 Å². The van der Waals surface area contributed by atoms with Gasteiger partial charge in [0.15, 0.2) is 11.6 Å². The lowest BCUT2D eigenvalue weighted by atomic mass is 10.2. The van der Waals surface area contributed by atoms with Crippen molar-refractivity contribution < 1.29 is 0 Å². The maximum atomic E-state index is 4.47. The SMILES string of the molecule is Cc1ccc(Nc2ccc(Sc3n[nH]c(-c4cccs4)n3)nn2)cc1. The first kappa shape index (κ1) is 15.8. The number of hydrogen-bond acceptors (Lipinski definition) is 7. The molecule has 0 radical (unpaired) electrons. The number of H-pyrrole nitrogens is 1. The zero-order chi connectivity index (χ0) is 17.1. The first-order valence-corrected chi connectivity index (χ1v) is 9.27. The van der Waals surface area contributed by atoms with Crippen LogP contribution in [0.15, 0.2) is 64.1 Å². The summed E-state index contributed by atoms with van der Waals surface area (Å²) in [6.07, 6.45) is 0. The van der Waals surface area contributed by atoms with Crippen LogP contribution in [0.25, 0.3) is 10.7 Å². The van der Waals surface area contributed by atoms with Crippen LogP contribution < -0.4 is 5.32 Å². The van der Waals surface area contributed by atoms with Gasteiger partial charge < -0.3 is 5.32 Å². The number of thiophene rings is 1. The van der Waals surface area contributed by atoms with E-state index >= 15 is 0 Å². The van der Waals surface area contributed by atoms with Crippen LogP contribution in [0.5, 0.6) is 0 Å². The molecule has 4 rings (SSSR count). The highest BCUT2D eigenvalue weighted by Crippen LogP contribution is 2.27. The van der Waals surface area contributed by atoms with Crippen LogP contribution in [-0.4, -0.2) is 25.4 Å². The van der Waals surface area contributed by atoms with E-state index in [0.717, 1.165) is 21.4 Å². The Bertz CT molecular complexity index is 946. The average Bonchev–Trinajstić information content (AvgIpc) is 3.30. The third-order valence-corrected chi connectivity index (χ3v) is 5.05. The van der Waals surface area contributed by atoms with E-state index in [9.17, 15) is 0 Å². The molecule has 3 heterocycles. The van der Waals surface area contributed by atoms with Gasteiger partial charge in [-0.05, 0) is 54.4 Å². The first-order chi connectivity index (χ1) is 12.3. The molecule has 3 aromatic heterocycles. The van der Waals surface area contributed by atoms with Crippen molar-refractivity contribution in [3.8, 4) is 10.7 Å². The molecule has 0 aliphatic heterocycles. The molecule has 0 bridgehead atoms. The Morgan fingerprint density at radius 2 is 1.92 bits per heavy atom. The lowest BCUT2D eigenvalue weighted by molar-refractivity contribution is 0.919. The molecule has 2 N–H and O–H groups in total. The lowest BCUT2D eigenvalue weighted by Gasteiger charge is -2.05. The molecule has 0 aliphatic rings. The third-order valence-electron chi connectivity index (χ3n) is 3.38. The van der Waals surface area contributed by atoms with Crippen molar-refractivity contribution >= 4 is 34.6 Å². The minimum Gasteiger partial charge on any atom is -0.339 e. The summed E-state index contributed by atoms with van der Waals surface area (Å²) in [4.78, 5) is 5.53. The van der Waals surface area contributed by atoms with Crippen LogP contribution >= 0.6 is 23.1 Å². The van der Waals surface area contributed by atoms with E-state index in [-0.39, 0.29) is 0 Å². The van der Waals surface area contributed by atoms with E-state index in [1.807, 2.05) is 41.8 Å². The lowest BCUT2D eigenvalue weighted by Crippen LogP contribution is -1.96. The van der Waals surface area contributed by atoms with Gasteiger partial charge in [0, 0.05) is 5.69 Å². The van der Waals surface area contributed by atoms with E-state index in [2.05, 4.69) is 49.8 Å². The molecule has 4 aromatic rings. The number of aromatic nitrogens is 5. The van der Waals surface area contributed by atoms with Crippen LogP contribution in [0.1, 0.15) is 5.56 Å². The maximum absolute atomic E-state index is 4.47. The molecule has 8 heteroatoms. The van der Waals surface area contributed by atoms with Crippen molar-refractivity contribution in [3.05, 3.63) is 59.5 Å². The number of benzene rings is 1. The highest BCUT2D eigenvalue weighted by Gasteiger charge is 2.09. The largest absolute Gasteiger partial charge is 0.339 e. The van der Waals surface area contributed by atoms with E-state index in [4.69, 9.17) is 0 Å². The fraction of sp³-hybridized carbons (Fsp3) is 0.0588. The summed E-state index contributed by atoms with van der Waals surface area (Å²) in [6.45, 7) is 2.06. The number of hydrogen-bond donors (Lipinski definition) is 2. The van der Waals surface area contributed by atoms with Gasteiger partial charge in [0.2, 0.25) is 5.16 Å². The van der Waals surface area contributed by atoms with Gasteiger partial charge in [-0.25, -0.2) is 4.98 Å². The molecule has 1 aromatic carbocycles. The minimum atomic E-state index is 0.622. The van der Waals surface area contributed by atoms with E-state index in [1.165, 1.54) is 17.3 Å². The molecular formula is C17H14N6S2. The van der Waals surface area contributed by atoms with Gasteiger partial charge in [0.1, 0.15) is 5.03 Å². The van der Waals surface area contributed by atoms with Crippen molar-refractivity contribution in [2.75, 3.05) is 5.32 Å². The third kappa shape index (κ3) is 3.86. The van der Waals surface area contributed by atoms with Crippen molar-refractivity contribution in [2.24, 2.45) is 0 Å². The van der Waals surface area contributed by atoms with Gasteiger partial charge in [0.25, 0.3) is 0 Å². The Morgan fingerprint density at radius 1 is 1.04 bits per heavy atom. The zero-order valence-electron chi connectivity index (χ0n) is 13.3. The number of aromatic amines is 1. The van der Waals surface area contributed by atoms with Gasteiger partial charge >= 0.3 is 0 Å². The first-order valence-electron chi connectivity index (χ1n) is 7.58. The molecule has 0 fully saturated rings. The number of anilines is 2. The molecule has 0 aliphatic carbocycles. The maximum Gasteiger partial charge on any atom is 0.215 e. The monoisotopic (exact) mass is 366 g/mol. The fourth-order valence-electron chi connectivity index (χ4n) is 2.13.